The lowest BCUT2D eigenvalue weighted by atomic mass is 10.1. The van der Waals surface area contributed by atoms with Gasteiger partial charge in [-0.25, -0.2) is 4.79 Å². The molecule has 8 heteroatoms. The molecule has 1 N–H and O–H groups in total. The summed E-state index contributed by atoms with van der Waals surface area (Å²) in [7, 11) is 5.49. The maximum absolute atomic E-state index is 12.7. The van der Waals surface area contributed by atoms with Gasteiger partial charge in [-0.15, -0.1) is 0 Å². The predicted molar refractivity (Wildman–Crippen MR) is 247 cm³/mol. The summed E-state index contributed by atoms with van der Waals surface area (Å²) in [5.41, 5.74) is 0. The fourth-order valence-corrected chi connectivity index (χ4v) is 5.83. The maximum Gasteiger partial charge on any atom is 0.362 e. The van der Waals surface area contributed by atoms with Crippen molar-refractivity contribution in [3.8, 4) is 0 Å². The first-order valence-corrected chi connectivity index (χ1v) is 22.5. The van der Waals surface area contributed by atoms with Crippen LogP contribution in [0, 0.1) is 0 Å². The highest BCUT2D eigenvalue weighted by Crippen LogP contribution is 2.12. The van der Waals surface area contributed by atoms with Crippen LogP contribution in [-0.2, 0) is 28.6 Å². The molecule has 0 aromatic rings. The third-order valence-electron chi connectivity index (χ3n) is 9.26. The summed E-state index contributed by atoms with van der Waals surface area (Å²) in [6.45, 7) is 4.40. The van der Waals surface area contributed by atoms with Gasteiger partial charge in [-0.1, -0.05) is 155 Å². The van der Waals surface area contributed by atoms with Crippen molar-refractivity contribution in [2.75, 3.05) is 41.0 Å². The van der Waals surface area contributed by atoms with E-state index >= 15 is 0 Å². The van der Waals surface area contributed by atoms with Gasteiger partial charge in [0.25, 0.3) is 0 Å². The van der Waals surface area contributed by atoms with Gasteiger partial charge in [-0.3, -0.25) is 9.59 Å². The molecule has 2 atom stereocenters. The SMILES string of the molecule is CC/C=C/C=C/C=C/C=C/CCCCCCCC(=O)OC(COCCC(C(=O)O)[N+](C)(C)C)COC(=O)CCCCCC/C=C/C/C=C/C/C=C/C/C=C/C/C=C/CC. The third kappa shape index (κ3) is 39.2. The zero-order valence-corrected chi connectivity index (χ0v) is 37.7. The van der Waals surface area contributed by atoms with Crippen LogP contribution in [0.2, 0.25) is 0 Å². The lowest BCUT2D eigenvalue weighted by Gasteiger charge is -2.31. The van der Waals surface area contributed by atoms with Crippen molar-refractivity contribution in [3.05, 3.63) is 109 Å². The molecule has 0 saturated carbocycles. The van der Waals surface area contributed by atoms with Gasteiger partial charge in [0.2, 0.25) is 0 Å². The van der Waals surface area contributed by atoms with Gasteiger partial charge in [0, 0.05) is 19.3 Å². The van der Waals surface area contributed by atoms with Crippen LogP contribution in [0.15, 0.2) is 109 Å². The summed E-state index contributed by atoms with van der Waals surface area (Å²) in [6.07, 6.45) is 55.6. The monoisotopic (exact) mass is 821 g/mol. The van der Waals surface area contributed by atoms with E-state index in [1.165, 1.54) is 0 Å². The molecule has 8 nitrogen and oxygen atoms in total. The summed E-state index contributed by atoms with van der Waals surface area (Å²) in [6, 6.07) is -0.630. The van der Waals surface area contributed by atoms with Crippen molar-refractivity contribution in [1.82, 2.24) is 0 Å². The number of unbranched alkanes of at least 4 members (excludes halogenated alkanes) is 9. The Labute approximate surface area is 359 Å². The lowest BCUT2D eigenvalue weighted by Crippen LogP contribution is -2.50. The number of esters is 2. The summed E-state index contributed by atoms with van der Waals surface area (Å²) in [5.74, 6) is -1.55. The summed E-state index contributed by atoms with van der Waals surface area (Å²) < 4.78 is 17.2. The molecule has 0 spiro atoms. The molecule has 0 aromatic carbocycles. The second-order valence-electron chi connectivity index (χ2n) is 15.6. The highest BCUT2D eigenvalue weighted by molar-refractivity contribution is 5.72. The summed E-state index contributed by atoms with van der Waals surface area (Å²) >= 11 is 0. The molecule has 0 bridgehead atoms. The number of carbonyl (C=O) groups is 3. The molecule has 0 aliphatic rings. The highest BCUT2D eigenvalue weighted by atomic mass is 16.6. The van der Waals surface area contributed by atoms with Gasteiger partial charge in [0.15, 0.2) is 12.1 Å². The number of likely N-dealkylation sites (N-methyl/N-ethyl adjacent to an activating group) is 1. The average molecular weight is 821 g/mol. The van der Waals surface area contributed by atoms with Crippen molar-refractivity contribution < 1.29 is 38.2 Å². The Morgan fingerprint density at radius 2 is 0.983 bits per heavy atom. The minimum atomic E-state index is -0.889. The maximum atomic E-state index is 12.7. The number of nitrogens with zero attached hydrogens (tertiary/aromatic N) is 1. The Balaban J connectivity index is 4.44. The minimum absolute atomic E-state index is 0.0349. The van der Waals surface area contributed by atoms with E-state index in [-0.39, 0.29) is 36.2 Å². The molecule has 0 fully saturated rings. The Kier molecular flexibility index (Phi) is 38.0. The number of carboxylic acids is 1. The van der Waals surface area contributed by atoms with E-state index < -0.39 is 18.1 Å². The molecule has 0 rings (SSSR count). The Hall–Kier alpha value is -4.01. The van der Waals surface area contributed by atoms with Crippen LogP contribution in [0.25, 0.3) is 0 Å². The van der Waals surface area contributed by atoms with E-state index in [0.717, 1.165) is 109 Å². The van der Waals surface area contributed by atoms with Crippen LogP contribution < -0.4 is 0 Å². The Morgan fingerprint density at radius 1 is 0.525 bits per heavy atom. The molecule has 0 amide bonds. The number of carbonyl (C=O) groups excluding carboxylic acids is 2. The zero-order chi connectivity index (χ0) is 43.5. The van der Waals surface area contributed by atoms with Gasteiger partial charge < -0.3 is 23.8 Å². The molecule has 0 aromatic heterocycles. The molecule has 2 unspecified atom stereocenters. The van der Waals surface area contributed by atoms with Crippen LogP contribution in [-0.4, -0.2) is 80.6 Å². The number of hydrogen-bond donors (Lipinski definition) is 1. The third-order valence-corrected chi connectivity index (χ3v) is 9.26. The predicted octanol–water partition coefficient (Wildman–Crippen LogP) is 12.5. The molecule has 0 heterocycles. The van der Waals surface area contributed by atoms with Crippen LogP contribution in [0.3, 0.4) is 0 Å². The van der Waals surface area contributed by atoms with Gasteiger partial charge in [-0.2, -0.15) is 0 Å². The topological polar surface area (TPSA) is 99.1 Å². The van der Waals surface area contributed by atoms with Gasteiger partial charge in [0.1, 0.15) is 6.61 Å². The minimum Gasteiger partial charge on any atom is -0.477 e. The first-order chi connectivity index (χ1) is 28.6. The quantitative estimate of drug-likeness (QED) is 0.0218. The standard InChI is InChI=1S/C51H81NO7/c1-6-8-10-12-14-16-18-20-22-23-24-25-26-28-29-31-33-35-37-39-41-49(53)58-46-47(45-57-44-43-48(51(55)56)52(3,4)5)59-50(54)42-40-38-36-34-32-30-27-21-19-17-15-13-11-9-7-2/h8-11,13-17,19-22,24-25,27-29,47-48H,6-7,12,18,23,26,30-46H2,1-5H3/p+1/b10-8+,11-9+,15-13+,16-14+,19-17+,22-20+,25-24+,27-21+,29-28+. The second-order valence-corrected chi connectivity index (χ2v) is 15.6. The summed E-state index contributed by atoms with van der Waals surface area (Å²) in [5, 5.41) is 9.62. The van der Waals surface area contributed by atoms with E-state index in [1.807, 2.05) is 51.5 Å². The first kappa shape index (κ1) is 55.0. The van der Waals surface area contributed by atoms with Gasteiger partial charge in [0.05, 0.1) is 34.4 Å². The number of aliphatic carboxylic acids is 1. The molecule has 0 saturated heterocycles. The second kappa shape index (κ2) is 40.8. The molecular formula is C51H82NO7+. The molecule has 0 aliphatic carbocycles. The van der Waals surface area contributed by atoms with E-state index in [2.05, 4.69) is 92.8 Å². The molecule has 59 heavy (non-hydrogen) atoms. The number of quaternary nitrogens is 1. The lowest BCUT2D eigenvalue weighted by molar-refractivity contribution is -0.887. The summed E-state index contributed by atoms with van der Waals surface area (Å²) in [4.78, 5) is 37.0. The van der Waals surface area contributed by atoms with Crippen LogP contribution in [0.4, 0.5) is 0 Å². The van der Waals surface area contributed by atoms with E-state index in [4.69, 9.17) is 14.2 Å². The number of rotatable bonds is 38. The van der Waals surface area contributed by atoms with Crippen molar-refractivity contribution in [3.63, 3.8) is 0 Å². The fraction of sp³-hybridized carbons (Fsp3) is 0.588. The Bertz CT molecular complexity index is 1330. The van der Waals surface area contributed by atoms with E-state index in [0.29, 0.717) is 19.3 Å². The van der Waals surface area contributed by atoms with Gasteiger partial charge in [-0.05, 0) is 77.0 Å². The fourth-order valence-electron chi connectivity index (χ4n) is 5.83. The van der Waals surface area contributed by atoms with E-state index in [9.17, 15) is 19.5 Å². The number of ether oxygens (including phenoxy) is 3. The highest BCUT2D eigenvalue weighted by Gasteiger charge is 2.31. The molecule has 0 radical (unpaired) electrons. The van der Waals surface area contributed by atoms with Crippen LogP contribution in [0.1, 0.15) is 142 Å². The number of hydrogen-bond acceptors (Lipinski definition) is 6. The Morgan fingerprint density at radius 3 is 1.53 bits per heavy atom. The van der Waals surface area contributed by atoms with Crippen LogP contribution >= 0.6 is 0 Å². The van der Waals surface area contributed by atoms with Crippen molar-refractivity contribution >= 4 is 17.9 Å². The number of allylic oxidation sites excluding steroid dienone is 18. The smallest absolute Gasteiger partial charge is 0.362 e. The molecule has 332 valence electrons. The van der Waals surface area contributed by atoms with E-state index in [1.54, 1.807) is 0 Å². The van der Waals surface area contributed by atoms with Crippen molar-refractivity contribution in [1.29, 1.82) is 0 Å². The van der Waals surface area contributed by atoms with Gasteiger partial charge >= 0.3 is 17.9 Å². The zero-order valence-electron chi connectivity index (χ0n) is 37.7. The van der Waals surface area contributed by atoms with Crippen LogP contribution in [0.5, 0.6) is 0 Å². The normalized spacial score (nSPS) is 14.0. The molecule has 0 aliphatic heterocycles. The average Bonchev–Trinajstić information content (AvgIpc) is 3.19. The first-order valence-electron chi connectivity index (χ1n) is 22.5. The largest absolute Gasteiger partial charge is 0.477 e. The molecular weight excluding hydrogens is 739 g/mol. The van der Waals surface area contributed by atoms with Crippen molar-refractivity contribution in [2.45, 2.75) is 154 Å². The number of carboxylic acid groups (broad SMARTS) is 1. The van der Waals surface area contributed by atoms with Crippen molar-refractivity contribution in [2.24, 2.45) is 0 Å².